The van der Waals surface area contributed by atoms with Crippen LogP contribution in [0.15, 0.2) is 30.5 Å². The molecule has 2 fully saturated rings. The van der Waals surface area contributed by atoms with Crippen LogP contribution in [-0.4, -0.2) is 82.8 Å². The highest BCUT2D eigenvalue weighted by Gasteiger charge is 2.29. The molecule has 11 heteroatoms. The molecule has 1 aromatic heterocycles. The van der Waals surface area contributed by atoms with Crippen molar-refractivity contribution in [1.29, 1.82) is 0 Å². The van der Waals surface area contributed by atoms with Crippen LogP contribution in [0.25, 0.3) is 0 Å². The van der Waals surface area contributed by atoms with Gasteiger partial charge in [-0.3, -0.25) is 14.0 Å². The summed E-state index contributed by atoms with van der Waals surface area (Å²) in [6.07, 6.45) is 2.93. The molecule has 34 heavy (non-hydrogen) atoms. The molecule has 1 N–H and O–H groups in total. The molecule has 0 spiro atoms. The predicted molar refractivity (Wildman–Crippen MR) is 132 cm³/mol. The average Bonchev–Trinajstić information content (AvgIpc) is 3.23. The number of carbonyl (C=O) groups excluding carboxylic acids is 2. The molecule has 2 aliphatic rings. The Kier molecular flexibility index (Phi) is 6.39. The van der Waals surface area contributed by atoms with Gasteiger partial charge < -0.3 is 15.1 Å². The van der Waals surface area contributed by atoms with Crippen LogP contribution < -0.4 is 19.4 Å². The Labute approximate surface area is 200 Å². The maximum absolute atomic E-state index is 13.5. The molecule has 0 atom stereocenters. The second kappa shape index (κ2) is 9.13. The SMILES string of the molecule is Cc1cnc(N2CCN(C(=O)c3ccc(N4CCNC4=O)cc3N(C)S(C)(=O)=O)CC2)c(C)c1. The van der Waals surface area contributed by atoms with E-state index in [2.05, 4.69) is 21.3 Å². The van der Waals surface area contributed by atoms with Gasteiger partial charge in [0.25, 0.3) is 5.91 Å². The summed E-state index contributed by atoms with van der Waals surface area (Å²) in [4.78, 5) is 35.6. The number of carbonyl (C=O) groups is 2. The molecule has 10 nitrogen and oxygen atoms in total. The fraction of sp³-hybridized carbons (Fsp3) is 0.435. The van der Waals surface area contributed by atoms with Crippen molar-refractivity contribution in [3.8, 4) is 0 Å². The van der Waals surface area contributed by atoms with E-state index in [1.807, 2.05) is 20.0 Å². The second-order valence-corrected chi connectivity index (χ2v) is 10.8. The zero-order valence-electron chi connectivity index (χ0n) is 19.9. The first kappa shape index (κ1) is 23.8. The summed E-state index contributed by atoms with van der Waals surface area (Å²) in [5.41, 5.74) is 3.28. The van der Waals surface area contributed by atoms with Crippen LogP contribution in [0.1, 0.15) is 21.5 Å². The number of aromatic nitrogens is 1. The number of nitrogens with zero attached hydrogens (tertiary/aromatic N) is 5. The lowest BCUT2D eigenvalue weighted by atomic mass is 10.1. The van der Waals surface area contributed by atoms with Gasteiger partial charge in [-0.05, 0) is 43.2 Å². The molecule has 0 aliphatic carbocycles. The van der Waals surface area contributed by atoms with Gasteiger partial charge in [0, 0.05) is 58.2 Å². The molecule has 182 valence electrons. The topological polar surface area (TPSA) is 106 Å². The van der Waals surface area contributed by atoms with Gasteiger partial charge >= 0.3 is 6.03 Å². The fourth-order valence-electron chi connectivity index (χ4n) is 4.36. The van der Waals surface area contributed by atoms with Crippen LogP contribution in [0.4, 0.5) is 22.0 Å². The van der Waals surface area contributed by atoms with Gasteiger partial charge in [0.2, 0.25) is 10.0 Å². The third-order valence-electron chi connectivity index (χ3n) is 6.27. The number of urea groups is 1. The van der Waals surface area contributed by atoms with Crippen molar-refractivity contribution >= 4 is 39.2 Å². The summed E-state index contributed by atoms with van der Waals surface area (Å²) in [5, 5.41) is 2.73. The van der Waals surface area contributed by atoms with E-state index in [1.54, 1.807) is 23.1 Å². The first-order valence-electron chi connectivity index (χ1n) is 11.2. The van der Waals surface area contributed by atoms with Gasteiger partial charge in [-0.1, -0.05) is 6.07 Å². The molecule has 2 aliphatic heterocycles. The highest BCUT2D eigenvalue weighted by Crippen LogP contribution is 2.30. The predicted octanol–water partition coefficient (Wildman–Crippen LogP) is 1.59. The lowest BCUT2D eigenvalue weighted by Gasteiger charge is -2.36. The zero-order chi connectivity index (χ0) is 24.6. The zero-order valence-corrected chi connectivity index (χ0v) is 20.7. The van der Waals surface area contributed by atoms with E-state index in [4.69, 9.17) is 0 Å². The number of rotatable bonds is 5. The van der Waals surface area contributed by atoms with Crippen LogP contribution in [0.2, 0.25) is 0 Å². The van der Waals surface area contributed by atoms with Crippen molar-refractivity contribution in [3.05, 3.63) is 47.2 Å². The number of amides is 3. The number of sulfonamides is 1. The molecule has 3 amide bonds. The monoisotopic (exact) mass is 486 g/mol. The molecule has 1 aromatic carbocycles. The van der Waals surface area contributed by atoms with E-state index in [9.17, 15) is 18.0 Å². The maximum Gasteiger partial charge on any atom is 0.321 e. The number of anilines is 3. The van der Waals surface area contributed by atoms with Gasteiger partial charge in [0.1, 0.15) is 5.82 Å². The van der Waals surface area contributed by atoms with Crippen molar-refractivity contribution in [2.24, 2.45) is 0 Å². The van der Waals surface area contributed by atoms with Gasteiger partial charge in [0.05, 0.1) is 17.5 Å². The molecule has 4 rings (SSSR count). The van der Waals surface area contributed by atoms with Gasteiger partial charge in [0.15, 0.2) is 0 Å². The van der Waals surface area contributed by atoms with Crippen molar-refractivity contribution in [3.63, 3.8) is 0 Å². The number of hydrogen-bond donors (Lipinski definition) is 1. The highest BCUT2D eigenvalue weighted by molar-refractivity contribution is 7.92. The van der Waals surface area contributed by atoms with E-state index in [1.165, 1.54) is 11.9 Å². The summed E-state index contributed by atoms with van der Waals surface area (Å²) >= 11 is 0. The number of nitrogens with one attached hydrogen (secondary N) is 1. The number of piperazine rings is 1. The first-order chi connectivity index (χ1) is 16.1. The van der Waals surface area contributed by atoms with E-state index < -0.39 is 10.0 Å². The molecule has 2 saturated heterocycles. The maximum atomic E-state index is 13.5. The van der Waals surface area contributed by atoms with Crippen LogP contribution in [-0.2, 0) is 10.0 Å². The largest absolute Gasteiger partial charge is 0.353 e. The fourth-order valence-corrected chi connectivity index (χ4v) is 4.87. The first-order valence-corrected chi connectivity index (χ1v) is 13.0. The van der Waals surface area contributed by atoms with Crippen LogP contribution in [0.3, 0.4) is 0 Å². The third kappa shape index (κ3) is 4.65. The molecule has 0 saturated carbocycles. The van der Waals surface area contributed by atoms with Gasteiger partial charge in [-0.2, -0.15) is 0 Å². The van der Waals surface area contributed by atoms with Crippen molar-refractivity contribution in [2.45, 2.75) is 13.8 Å². The number of pyridine rings is 1. The molecular weight excluding hydrogens is 456 g/mol. The molecule has 0 unspecified atom stereocenters. The highest BCUT2D eigenvalue weighted by atomic mass is 32.2. The summed E-state index contributed by atoms with van der Waals surface area (Å²) in [6, 6.07) is 6.74. The third-order valence-corrected chi connectivity index (χ3v) is 7.46. The Morgan fingerprint density at radius 3 is 2.38 bits per heavy atom. The lowest BCUT2D eigenvalue weighted by molar-refractivity contribution is 0.0747. The molecule has 2 aromatic rings. The van der Waals surface area contributed by atoms with Gasteiger partial charge in [-0.25, -0.2) is 18.2 Å². The quantitative estimate of drug-likeness (QED) is 0.688. The Bertz CT molecular complexity index is 1220. The van der Waals surface area contributed by atoms with Crippen molar-refractivity contribution in [2.75, 3.05) is 66.7 Å². The summed E-state index contributed by atoms with van der Waals surface area (Å²) in [7, 11) is -2.21. The molecular formula is C23H30N6O4S. The van der Waals surface area contributed by atoms with Crippen molar-refractivity contribution < 1.29 is 18.0 Å². The van der Waals surface area contributed by atoms with Crippen LogP contribution in [0.5, 0.6) is 0 Å². The average molecular weight is 487 g/mol. The Morgan fingerprint density at radius 2 is 1.79 bits per heavy atom. The Balaban J connectivity index is 1.58. The van der Waals surface area contributed by atoms with Crippen LogP contribution in [0, 0.1) is 13.8 Å². The minimum atomic E-state index is -3.62. The van der Waals surface area contributed by atoms with E-state index in [-0.39, 0.29) is 23.2 Å². The number of benzene rings is 1. The summed E-state index contributed by atoms with van der Waals surface area (Å²) < 4.78 is 25.8. The summed E-state index contributed by atoms with van der Waals surface area (Å²) in [5.74, 6) is 0.680. The lowest BCUT2D eigenvalue weighted by Crippen LogP contribution is -2.49. The Hall–Kier alpha value is -3.34. The molecule has 3 heterocycles. The van der Waals surface area contributed by atoms with Gasteiger partial charge in [-0.15, -0.1) is 0 Å². The van der Waals surface area contributed by atoms with E-state index in [0.717, 1.165) is 27.5 Å². The minimum absolute atomic E-state index is 0.240. The van der Waals surface area contributed by atoms with E-state index in [0.29, 0.717) is 45.0 Å². The Morgan fingerprint density at radius 1 is 1.09 bits per heavy atom. The molecule has 0 radical (unpaired) electrons. The van der Waals surface area contributed by atoms with Crippen molar-refractivity contribution in [1.82, 2.24) is 15.2 Å². The molecule has 0 bridgehead atoms. The minimum Gasteiger partial charge on any atom is -0.353 e. The normalized spacial score (nSPS) is 16.6. The standard InChI is InChI=1S/C23H30N6O4S/c1-16-13-17(2)21(25-15-16)27-9-11-28(12-10-27)22(30)19-6-5-18(29-8-7-24-23(29)31)14-20(19)26(3)34(4,32)33/h5-6,13-15H,7-12H2,1-4H3,(H,24,31). The summed E-state index contributed by atoms with van der Waals surface area (Å²) in [6.45, 7) is 7.27. The smallest absolute Gasteiger partial charge is 0.321 e. The van der Waals surface area contributed by atoms with Crippen LogP contribution >= 0.6 is 0 Å². The number of hydrogen-bond acceptors (Lipinski definition) is 6. The second-order valence-electron chi connectivity index (χ2n) is 8.75. The number of aryl methyl sites for hydroxylation is 2. The van der Waals surface area contributed by atoms with E-state index >= 15 is 0 Å².